The summed E-state index contributed by atoms with van der Waals surface area (Å²) in [5, 5.41) is 6.87. The van der Waals surface area contributed by atoms with Crippen LogP contribution in [0, 0.1) is 12.8 Å². The minimum atomic E-state index is 0.115. The van der Waals surface area contributed by atoms with Gasteiger partial charge in [0.1, 0.15) is 0 Å². The fraction of sp³-hybridized carbons (Fsp3) is 0.375. The highest BCUT2D eigenvalue weighted by molar-refractivity contribution is 7.09. The lowest BCUT2D eigenvalue weighted by Crippen LogP contribution is -2.27. The first-order valence-electron chi connectivity index (χ1n) is 7.07. The number of hydrogen-bond acceptors (Lipinski definition) is 3. The highest BCUT2D eigenvalue weighted by Gasteiger charge is 2.43. The van der Waals surface area contributed by atoms with Crippen molar-refractivity contribution < 1.29 is 4.79 Å². The zero-order chi connectivity index (χ0) is 14.8. The van der Waals surface area contributed by atoms with E-state index in [-0.39, 0.29) is 11.8 Å². The number of carbonyl (C=O) groups excluding carboxylic acids is 1. The van der Waals surface area contributed by atoms with E-state index in [4.69, 9.17) is 11.6 Å². The molecule has 1 N–H and O–H groups in total. The lowest BCUT2D eigenvalue weighted by Gasteiger charge is -2.04. The summed E-state index contributed by atoms with van der Waals surface area (Å²) in [6.45, 7) is 2.65. The molecule has 1 aromatic heterocycles. The smallest absolute Gasteiger partial charge is 0.223 e. The molecule has 1 aliphatic rings. The van der Waals surface area contributed by atoms with Crippen molar-refractivity contribution in [1.82, 2.24) is 10.3 Å². The second kappa shape index (κ2) is 6.16. The monoisotopic (exact) mass is 320 g/mol. The summed E-state index contributed by atoms with van der Waals surface area (Å²) in [5.41, 5.74) is 2.25. The van der Waals surface area contributed by atoms with Crippen LogP contribution >= 0.6 is 22.9 Å². The Morgan fingerprint density at radius 2 is 2.19 bits per heavy atom. The normalized spacial score (nSPS) is 20.3. The van der Waals surface area contributed by atoms with Crippen LogP contribution in [-0.2, 0) is 11.2 Å². The van der Waals surface area contributed by atoms with Crippen LogP contribution in [0.15, 0.2) is 29.6 Å². The summed E-state index contributed by atoms with van der Waals surface area (Å²) >= 11 is 7.53. The van der Waals surface area contributed by atoms with E-state index in [9.17, 15) is 4.79 Å². The number of nitrogens with one attached hydrogen (secondary N) is 1. The van der Waals surface area contributed by atoms with Gasteiger partial charge in [0, 0.05) is 35.0 Å². The number of aromatic nitrogens is 1. The summed E-state index contributed by atoms with van der Waals surface area (Å²) in [4.78, 5) is 16.5. The van der Waals surface area contributed by atoms with Crippen molar-refractivity contribution in [1.29, 1.82) is 0 Å². The Hall–Kier alpha value is -1.39. The Bertz CT molecular complexity index is 638. The fourth-order valence-electron chi connectivity index (χ4n) is 2.50. The van der Waals surface area contributed by atoms with Crippen molar-refractivity contribution in [2.24, 2.45) is 5.92 Å². The Kier molecular flexibility index (Phi) is 4.27. The minimum Gasteiger partial charge on any atom is -0.355 e. The predicted molar refractivity (Wildman–Crippen MR) is 85.9 cm³/mol. The van der Waals surface area contributed by atoms with Gasteiger partial charge in [-0.25, -0.2) is 4.98 Å². The van der Waals surface area contributed by atoms with Gasteiger partial charge in [0.2, 0.25) is 5.91 Å². The number of hydrogen-bond donors (Lipinski definition) is 1. The predicted octanol–water partition coefficient (Wildman–Crippen LogP) is 3.57. The third-order valence-corrected chi connectivity index (χ3v) is 5.01. The molecule has 2 atom stereocenters. The molecule has 0 bridgehead atoms. The lowest BCUT2D eigenvalue weighted by atomic mass is 10.1. The summed E-state index contributed by atoms with van der Waals surface area (Å²) in [5.74, 6) is 0.622. The molecule has 0 saturated heterocycles. The average Bonchev–Trinajstić information content (AvgIpc) is 3.16. The van der Waals surface area contributed by atoms with E-state index in [2.05, 4.69) is 10.3 Å². The highest BCUT2D eigenvalue weighted by atomic mass is 35.5. The van der Waals surface area contributed by atoms with Crippen molar-refractivity contribution in [3.05, 3.63) is 50.9 Å². The first kappa shape index (κ1) is 14.5. The number of amides is 1. The fourth-order valence-corrected chi connectivity index (χ4v) is 3.41. The number of carbonyl (C=O) groups is 1. The third-order valence-electron chi connectivity index (χ3n) is 3.73. The molecule has 1 saturated carbocycles. The molecule has 3 nitrogen and oxygen atoms in total. The molecule has 1 aromatic carbocycles. The molecule has 5 heteroatoms. The number of nitrogens with zero attached hydrogens (tertiary/aromatic N) is 1. The van der Waals surface area contributed by atoms with Gasteiger partial charge in [0.15, 0.2) is 0 Å². The van der Waals surface area contributed by atoms with Crippen LogP contribution in [0.4, 0.5) is 0 Å². The molecule has 0 unspecified atom stereocenters. The van der Waals surface area contributed by atoms with Crippen LogP contribution in [0.3, 0.4) is 0 Å². The summed E-state index contributed by atoms with van der Waals surface area (Å²) in [6.07, 6.45) is 1.74. The van der Waals surface area contributed by atoms with E-state index in [1.54, 1.807) is 11.3 Å². The Morgan fingerprint density at radius 1 is 1.43 bits per heavy atom. The molecule has 110 valence electrons. The lowest BCUT2D eigenvalue weighted by molar-refractivity contribution is -0.122. The number of aryl methyl sites for hydroxylation is 1. The molecule has 1 aliphatic carbocycles. The second-order valence-electron chi connectivity index (χ2n) is 5.42. The van der Waals surface area contributed by atoms with Crippen molar-refractivity contribution in [2.45, 2.75) is 25.7 Å². The van der Waals surface area contributed by atoms with Gasteiger partial charge in [-0.1, -0.05) is 23.7 Å². The van der Waals surface area contributed by atoms with Crippen molar-refractivity contribution in [2.75, 3.05) is 6.54 Å². The summed E-state index contributed by atoms with van der Waals surface area (Å²) < 4.78 is 0. The minimum absolute atomic E-state index is 0.115. The average molecular weight is 321 g/mol. The first-order valence-corrected chi connectivity index (χ1v) is 8.33. The third kappa shape index (κ3) is 3.63. The molecular formula is C16H17ClN2OS. The van der Waals surface area contributed by atoms with E-state index < -0.39 is 0 Å². The Labute approximate surface area is 133 Å². The SMILES string of the molecule is Cc1csc(CCNC(=O)[C@H]2C[C@@H]2c2ccc(Cl)cc2)n1. The quantitative estimate of drug-likeness (QED) is 0.915. The van der Waals surface area contributed by atoms with Gasteiger partial charge < -0.3 is 5.32 Å². The van der Waals surface area contributed by atoms with E-state index in [0.717, 1.165) is 28.6 Å². The number of rotatable bonds is 5. The number of thiazole rings is 1. The van der Waals surface area contributed by atoms with E-state index >= 15 is 0 Å². The molecule has 0 radical (unpaired) electrons. The zero-order valence-corrected chi connectivity index (χ0v) is 13.4. The van der Waals surface area contributed by atoms with Crippen molar-refractivity contribution in [3.63, 3.8) is 0 Å². The number of halogens is 1. The van der Waals surface area contributed by atoms with E-state index in [1.165, 1.54) is 5.56 Å². The van der Waals surface area contributed by atoms with Crippen LogP contribution in [0.25, 0.3) is 0 Å². The van der Waals surface area contributed by atoms with E-state index in [0.29, 0.717) is 12.5 Å². The summed E-state index contributed by atoms with van der Waals surface area (Å²) in [7, 11) is 0. The molecular weight excluding hydrogens is 304 g/mol. The van der Waals surface area contributed by atoms with Crippen LogP contribution < -0.4 is 5.32 Å². The van der Waals surface area contributed by atoms with Gasteiger partial charge in [-0.05, 0) is 37.0 Å². The maximum atomic E-state index is 12.1. The molecule has 1 fully saturated rings. The second-order valence-corrected chi connectivity index (χ2v) is 6.80. The van der Waals surface area contributed by atoms with Gasteiger partial charge in [-0.3, -0.25) is 4.79 Å². The maximum Gasteiger partial charge on any atom is 0.223 e. The van der Waals surface area contributed by atoms with Gasteiger partial charge in [0.05, 0.1) is 5.01 Å². The van der Waals surface area contributed by atoms with Gasteiger partial charge in [-0.15, -0.1) is 11.3 Å². The Morgan fingerprint density at radius 3 is 2.86 bits per heavy atom. The van der Waals surface area contributed by atoms with Gasteiger partial charge in [-0.2, -0.15) is 0 Å². The van der Waals surface area contributed by atoms with Gasteiger partial charge >= 0.3 is 0 Å². The van der Waals surface area contributed by atoms with Crippen LogP contribution in [0.2, 0.25) is 5.02 Å². The Balaban J connectivity index is 1.46. The largest absolute Gasteiger partial charge is 0.355 e. The molecule has 1 amide bonds. The van der Waals surface area contributed by atoms with Crippen molar-refractivity contribution in [3.8, 4) is 0 Å². The topological polar surface area (TPSA) is 42.0 Å². The standard InChI is InChI=1S/C16H17ClN2OS/c1-10-9-21-15(19-10)6-7-18-16(20)14-8-13(14)11-2-4-12(17)5-3-11/h2-5,9,13-14H,6-8H2,1H3,(H,18,20)/t13-,14+/m1/s1. The molecule has 1 heterocycles. The van der Waals surface area contributed by atoms with Crippen LogP contribution in [0.5, 0.6) is 0 Å². The highest BCUT2D eigenvalue weighted by Crippen LogP contribution is 2.47. The van der Waals surface area contributed by atoms with Crippen LogP contribution in [0.1, 0.15) is 28.6 Å². The molecule has 21 heavy (non-hydrogen) atoms. The zero-order valence-electron chi connectivity index (χ0n) is 11.8. The van der Waals surface area contributed by atoms with Crippen molar-refractivity contribution >= 4 is 28.8 Å². The van der Waals surface area contributed by atoms with Crippen LogP contribution in [-0.4, -0.2) is 17.4 Å². The molecule has 3 rings (SSSR count). The first-order chi connectivity index (χ1) is 10.1. The molecule has 2 aromatic rings. The van der Waals surface area contributed by atoms with Gasteiger partial charge in [0.25, 0.3) is 0 Å². The number of benzene rings is 1. The molecule has 0 aliphatic heterocycles. The molecule has 0 spiro atoms. The summed E-state index contributed by atoms with van der Waals surface area (Å²) in [6, 6.07) is 7.79. The van der Waals surface area contributed by atoms with E-state index in [1.807, 2.05) is 36.6 Å². The maximum absolute atomic E-state index is 12.1.